The molecule has 1 N–H and O–H groups in total. The first-order valence-corrected chi connectivity index (χ1v) is 9.47. The molecule has 0 spiro atoms. The summed E-state index contributed by atoms with van der Waals surface area (Å²) in [4.78, 5) is 14.2. The van der Waals surface area contributed by atoms with E-state index in [1.807, 2.05) is 24.3 Å². The Morgan fingerprint density at radius 3 is 2.54 bits per heavy atom. The van der Waals surface area contributed by atoms with Gasteiger partial charge in [-0.1, -0.05) is 30.3 Å². The monoisotopic (exact) mass is 342 g/mol. The molecule has 0 atom stereocenters. The second-order valence-electron chi connectivity index (χ2n) is 5.70. The number of para-hydroxylation sites is 1. The lowest BCUT2D eigenvalue weighted by Crippen LogP contribution is -2.26. The molecule has 124 valence electrons. The molecule has 0 fully saturated rings. The molecule has 0 aromatic heterocycles. The van der Waals surface area contributed by atoms with Gasteiger partial charge in [0.1, 0.15) is 0 Å². The van der Waals surface area contributed by atoms with E-state index in [-0.39, 0.29) is 5.91 Å². The molecule has 0 radical (unpaired) electrons. The summed E-state index contributed by atoms with van der Waals surface area (Å²) in [6.07, 6.45) is 5.25. The maximum absolute atomic E-state index is 12.4. The van der Waals surface area contributed by atoms with Gasteiger partial charge in [-0.2, -0.15) is 0 Å². The van der Waals surface area contributed by atoms with Gasteiger partial charge in [0.2, 0.25) is 10.0 Å². The van der Waals surface area contributed by atoms with Crippen molar-refractivity contribution in [2.45, 2.75) is 6.42 Å². The summed E-state index contributed by atoms with van der Waals surface area (Å²) < 4.78 is 24.7. The average molecular weight is 342 g/mol. The minimum Gasteiger partial charge on any atom is -0.308 e. The zero-order valence-corrected chi connectivity index (χ0v) is 14.1. The molecular formula is C18H18N2O3S. The van der Waals surface area contributed by atoms with Crippen molar-refractivity contribution in [3.63, 3.8) is 0 Å². The van der Waals surface area contributed by atoms with Crippen LogP contribution in [-0.2, 0) is 21.2 Å². The van der Waals surface area contributed by atoms with E-state index < -0.39 is 10.0 Å². The Kier molecular flexibility index (Phi) is 4.40. The standard InChI is InChI=1S/C18H18N2O3S/c1-24(22,23)19-16-9-6-14(7-10-16)8-11-18(21)20-13-12-15-4-2-3-5-17(15)20/h2-11,19H,12-13H2,1H3/b11-8+. The Hall–Kier alpha value is -2.60. The van der Waals surface area contributed by atoms with Gasteiger partial charge in [-0.05, 0) is 41.8 Å². The van der Waals surface area contributed by atoms with Crippen molar-refractivity contribution in [3.8, 4) is 0 Å². The number of carbonyl (C=O) groups excluding carboxylic acids is 1. The Bertz CT molecular complexity index is 887. The molecule has 1 amide bonds. The van der Waals surface area contributed by atoms with Crippen molar-refractivity contribution >= 4 is 33.4 Å². The zero-order valence-electron chi connectivity index (χ0n) is 13.3. The minimum atomic E-state index is -3.28. The van der Waals surface area contributed by atoms with E-state index in [9.17, 15) is 13.2 Å². The van der Waals surface area contributed by atoms with Gasteiger partial charge in [0.15, 0.2) is 0 Å². The molecule has 0 bridgehead atoms. The summed E-state index contributed by atoms with van der Waals surface area (Å²) in [6, 6.07) is 14.8. The van der Waals surface area contributed by atoms with E-state index >= 15 is 0 Å². The average Bonchev–Trinajstić information content (AvgIpc) is 2.96. The van der Waals surface area contributed by atoms with E-state index in [1.54, 1.807) is 41.3 Å². The number of hydrogen-bond donors (Lipinski definition) is 1. The van der Waals surface area contributed by atoms with Gasteiger partial charge in [-0.15, -0.1) is 0 Å². The molecule has 2 aromatic carbocycles. The van der Waals surface area contributed by atoms with Crippen LogP contribution in [-0.4, -0.2) is 27.1 Å². The van der Waals surface area contributed by atoms with Gasteiger partial charge < -0.3 is 4.90 Å². The quantitative estimate of drug-likeness (QED) is 0.869. The second kappa shape index (κ2) is 6.49. The molecule has 1 aliphatic heterocycles. The van der Waals surface area contributed by atoms with Crippen LogP contribution in [0.1, 0.15) is 11.1 Å². The lowest BCUT2D eigenvalue weighted by Gasteiger charge is -2.14. The lowest BCUT2D eigenvalue weighted by molar-refractivity contribution is -0.114. The summed E-state index contributed by atoms with van der Waals surface area (Å²) in [5, 5.41) is 0. The molecule has 0 saturated carbocycles. The molecule has 0 unspecified atom stereocenters. The second-order valence-corrected chi connectivity index (χ2v) is 7.45. The van der Waals surface area contributed by atoms with E-state index in [1.165, 1.54) is 5.56 Å². The number of fused-ring (bicyclic) bond motifs is 1. The van der Waals surface area contributed by atoms with Gasteiger partial charge in [0.05, 0.1) is 6.26 Å². The lowest BCUT2D eigenvalue weighted by atomic mass is 10.2. The smallest absolute Gasteiger partial charge is 0.251 e. The summed E-state index contributed by atoms with van der Waals surface area (Å²) in [5.74, 6) is -0.0571. The Morgan fingerprint density at radius 2 is 1.83 bits per heavy atom. The first kappa shape index (κ1) is 16.3. The van der Waals surface area contributed by atoms with Gasteiger partial charge in [0.25, 0.3) is 5.91 Å². The number of anilines is 2. The molecule has 24 heavy (non-hydrogen) atoms. The highest BCUT2D eigenvalue weighted by atomic mass is 32.2. The predicted molar refractivity (Wildman–Crippen MR) is 96.4 cm³/mol. The van der Waals surface area contributed by atoms with E-state index in [2.05, 4.69) is 4.72 Å². The Morgan fingerprint density at radius 1 is 1.12 bits per heavy atom. The fourth-order valence-corrected chi connectivity index (χ4v) is 3.27. The fourth-order valence-electron chi connectivity index (χ4n) is 2.70. The van der Waals surface area contributed by atoms with Crippen LogP contribution < -0.4 is 9.62 Å². The molecular weight excluding hydrogens is 324 g/mol. The fraction of sp³-hybridized carbons (Fsp3) is 0.167. The highest BCUT2D eigenvalue weighted by molar-refractivity contribution is 7.92. The third-order valence-electron chi connectivity index (χ3n) is 3.79. The molecule has 5 nitrogen and oxygen atoms in total. The zero-order chi connectivity index (χ0) is 17.2. The molecule has 2 aromatic rings. The van der Waals surface area contributed by atoms with Crippen molar-refractivity contribution in [1.29, 1.82) is 0 Å². The number of sulfonamides is 1. The summed E-state index contributed by atoms with van der Waals surface area (Å²) in [5.41, 5.74) is 3.49. The van der Waals surface area contributed by atoms with Gasteiger partial charge >= 0.3 is 0 Å². The minimum absolute atomic E-state index is 0.0571. The normalized spacial score (nSPS) is 14.0. The van der Waals surface area contributed by atoms with Crippen LogP contribution in [0.3, 0.4) is 0 Å². The number of carbonyl (C=O) groups is 1. The number of amides is 1. The number of hydrogen-bond acceptors (Lipinski definition) is 3. The first-order chi connectivity index (χ1) is 11.4. The van der Waals surface area contributed by atoms with Crippen molar-refractivity contribution in [3.05, 3.63) is 65.7 Å². The third kappa shape index (κ3) is 3.83. The summed E-state index contributed by atoms with van der Waals surface area (Å²) in [6.45, 7) is 0.694. The molecule has 6 heteroatoms. The number of rotatable bonds is 4. The van der Waals surface area contributed by atoms with Crippen molar-refractivity contribution in [2.75, 3.05) is 22.4 Å². The third-order valence-corrected chi connectivity index (χ3v) is 4.39. The molecule has 3 rings (SSSR count). The summed E-state index contributed by atoms with van der Waals surface area (Å²) in [7, 11) is -3.28. The SMILES string of the molecule is CS(=O)(=O)Nc1ccc(/C=C/C(=O)N2CCc3ccccc32)cc1. The maximum atomic E-state index is 12.4. The van der Waals surface area contributed by atoms with Crippen LogP contribution in [0.5, 0.6) is 0 Å². The molecule has 0 saturated heterocycles. The van der Waals surface area contributed by atoms with Crippen LogP contribution in [0, 0.1) is 0 Å². The summed E-state index contributed by atoms with van der Waals surface area (Å²) >= 11 is 0. The highest BCUT2D eigenvalue weighted by Gasteiger charge is 2.22. The topological polar surface area (TPSA) is 66.5 Å². The van der Waals surface area contributed by atoms with E-state index in [4.69, 9.17) is 0 Å². The largest absolute Gasteiger partial charge is 0.308 e. The maximum Gasteiger partial charge on any atom is 0.251 e. The highest BCUT2D eigenvalue weighted by Crippen LogP contribution is 2.27. The molecule has 1 heterocycles. The predicted octanol–water partition coefficient (Wildman–Crippen LogP) is 2.66. The van der Waals surface area contributed by atoms with Gasteiger partial charge in [-0.25, -0.2) is 8.42 Å². The van der Waals surface area contributed by atoms with Crippen molar-refractivity contribution in [1.82, 2.24) is 0 Å². The van der Waals surface area contributed by atoms with Crippen LogP contribution >= 0.6 is 0 Å². The first-order valence-electron chi connectivity index (χ1n) is 7.58. The van der Waals surface area contributed by atoms with Crippen LogP contribution in [0.25, 0.3) is 6.08 Å². The van der Waals surface area contributed by atoms with Crippen LogP contribution in [0.4, 0.5) is 11.4 Å². The number of nitrogens with one attached hydrogen (secondary N) is 1. The van der Waals surface area contributed by atoms with Crippen LogP contribution in [0.2, 0.25) is 0 Å². The van der Waals surface area contributed by atoms with Crippen molar-refractivity contribution < 1.29 is 13.2 Å². The number of benzene rings is 2. The van der Waals surface area contributed by atoms with Gasteiger partial charge in [-0.3, -0.25) is 9.52 Å². The van der Waals surface area contributed by atoms with E-state index in [0.717, 1.165) is 23.9 Å². The molecule has 0 aliphatic carbocycles. The van der Waals surface area contributed by atoms with E-state index in [0.29, 0.717) is 12.2 Å². The molecule has 1 aliphatic rings. The Labute approximate surface area is 141 Å². The number of nitrogens with zero attached hydrogens (tertiary/aromatic N) is 1. The van der Waals surface area contributed by atoms with Crippen LogP contribution in [0.15, 0.2) is 54.6 Å². The van der Waals surface area contributed by atoms with Gasteiger partial charge in [0, 0.05) is 24.0 Å². The Balaban J connectivity index is 1.69. The van der Waals surface area contributed by atoms with Crippen molar-refractivity contribution in [2.24, 2.45) is 0 Å².